The molecule has 0 atom stereocenters. The number of carbonyl (C=O) groups is 2. The highest BCUT2D eigenvalue weighted by atomic mass is 16.6. The molecule has 0 spiro atoms. The highest BCUT2D eigenvalue weighted by Crippen LogP contribution is 2.32. The molecular weight excluding hydrogens is 280 g/mol. The molecule has 0 aromatic rings. The minimum Gasteiger partial charge on any atom is -0.444 e. The Hall–Kier alpha value is -1.52. The van der Waals surface area contributed by atoms with Gasteiger partial charge in [0.05, 0.1) is 0 Å². The fraction of sp³-hybridized carbons (Fsp3) is 0.765. The topological polar surface area (TPSA) is 49.9 Å². The van der Waals surface area contributed by atoms with Crippen molar-refractivity contribution in [3.8, 4) is 0 Å². The molecule has 0 aromatic heterocycles. The molecule has 2 amide bonds. The lowest BCUT2D eigenvalue weighted by molar-refractivity contribution is -0.127. The van der Waals surface area contributed by atoms with Crippen LogP contribution >= 0.6 is 0 Å². The van der Waals surface area contributed by atoms with Crippen molar-refractivity contribution >= 4 is 12.0 Å². The molecule has 1 aliphatic carbocycles. The Balaban J connectivity index is 1.96. The van der Waals surface area contributed by atoms with Gasteiger partial charge in [0, 0.05) is 25.7 Å². The summed E-state index contributed by atoms with van der Waals surface area (Å²) in [5, 5.41) is 0. The van der Waals surface area contributed by atoms with Gasteiger partial charge in [0.2, 0.25) is 5.91 Å². The lowest BCUT2D eigenvalue weighted by Gasteiger charge is -2.39. The standard InChI is InChI=1S/C17H28N2O3/c1-5-15(20)18-10-8-14(9-11-18)19(12-13-6-7-13)16(21)22-17(2,3)4/h5,13-14H,1,6-12H2,2-4H3. The summed E-state index contributed by atoms with van der Waals surface area (Å²) in [4.78, 5) is 27.9. The third-order valence-corrected chi connectivity index (χ3v) is 4.17. The second-order valence-electron chi connectivity index (χ2n) is 7.34. The monoisotopic (exact) mass is 308 g/mol. The van der Waals surface area contributed by atoms with E-state index in [4.69, 9.17) is 4.74 Å². The van der Waals surface area contributed by atoms with Crippen molar-refractivity contribution in [3.05, 3.63) is 12.7 Å². The quantitative estimate of drug-likeness (QED) is 0.750. The van der Waals surface area contributed by atoms with Crippen LogP contribution in [0.15, 0.2) is 12.7 Å². The van der Waals surface area contributed by atoms with Crippen LogP contribution in [0.25, 0.3) is 0 Å². The molecule has 0 aromatic carbocycles. The van der Waals surface area contributed by atoms with Crippen LogP contribution in [0, 0.1) is 5.92 Å². The Labute approximate surface area is 133 Å². The molecule has 1 saturated carbocycles. The van der Waals surface area contributed by atoms with Gasteiger partial charge in [-0.2, -0.15) is 0 Å². The van der Waals surface area contributed by atoms with Crippen LogP contribution in [0.4, 0.5) is 4.79 Å². The molecule has 2 fully saturated rings. The lowest BCUT2D eigenvalue weighted by atomic mass is 10.0. The van der Waals surface area contributed by atoms with E-state index in [2.05, 4.69) is 6.58 Å². The first-order valence-electron chi connectivity index (χ1n) is 8.21. The van der Waals surface area contributed by atoms with E-state index in [-0.39, 0.29) is 18.0 Å². The van der Waals surface area contributed by atoms with Crippen LogP contribution in [0.2, 0.25) is 0 Å². The van der Waals surface area contributed by atoms with Gasteiger partial charge < -0.3 is 14.5 Å². The Bertz CT molecular complexity index is 430. The molecule has 1 heterocycles. The summed E-state index contributed by atoms with van der Waals surface area (Å²) in [6, 6.07) is 0.171. The van der Waals surface area contributed by atoms with E-state index in [0.29, 0.717) is 19.0 Å². The van der Waals surface area contributed by atoms with Crippen LogP contribution in [0.1, 0.15) is 46.5 Å². The fourth-order valence-corrected chi connectivity index (χ4v) is 2.80. The van der Waals surface area contributed by atoms with Crippen molar-refractivity contribution in [2.75, 3.05) is 19.6 Å². The normalized spacial score (nSPS) is 19.7. The molecule has 2 rings (SSSR count). The zero-order chi connectivity index (χ0) is 16.3. The molecule has 0 unspecified atom stereocenters. The number of amides is 2. The van der Waals surface area contributed by atoms with Gasteiger partial charge in [-0.25, -0.2) is 4.79 Å². The molecule has 1 saturated heterocycles. The Morgan fingerprint density at radius 1 is 1.23 bits per heavy atom. The molecule has 124 valence electrons. The van der Waals surface area contributed by atoms with Gasteiger partial charge in [-0.1, -0.05) is 6.58 Å². The fourth-order valence-electron chi connectivity index (χ4n) is 2.80. The molecule has 0 bridgehead atoms. The summed E-state index contributed by atoms with van der Waals surface area (Å²) >= 11 is 0. The first-order chi connectivity index (χ1) is 10.3. The predicted molar refractivity (Wildman–Crippen MR) is 85.5 cm³/mol. The first-order valence-corrected chi connectivity index (χ1v) is 8.21. The highest BCUT2D eigenvalue weighted by molar-refractivity contribution is 5.87. The predicted octanol–water partition coefficient (Wildman–Crippen LogP) is 2.81. The van der Waals surface area contributed by atoms with Crippen molar-refractivity contribution in [2.24, 2.45) is 5.92 Å². The second-order valence-corrected chi connectivity index (χ2v) is 7.34. The van der Waals surface area contributed by atoms with Crippen molar-refractivity contribution in [2.45, 2.75) is 58.1 Å². The molecule has 0 N–H and O–H groups in total. The van der Waals surface area contributed by atoms with Crippen LogP contribution in [0.5, 0.6) is 0 Å². The van der Waals surface area contributed by atoms with Crippen LogP contribution in [-0.4, -0.2) is 53.1 Å². The van der Waals surface area contributed by atoms with E-state index >= 15 is 0 Å². The summed E-state index contributed by atoms with van der Waals surface area (Å²) in [7, 11) is 0. The molecule has 5 heteroatoms. The summed E-state index contributed by atoms with van der Waals surface area (Å²) in [6.07, 6.45) is 5.17. The average Bonchev–Trinajstić information content (AvgIpc) is 3.26. The molecular formula is C17H28N2O3. The van der Waals surface area contributed by atoms with Gasteiger partial charge in [0.25, 0.3) is 0 Å². The molecule has 5 nitrogen and oxygen atoms in total. The maximum absolute atomic E-state index is 12.5. The number of hydrogen-bond acceptors (Lipinski definition) is 3. The zero-order valence-corrected chi connectivity index (χ0v) is 14.0. The number of likely N-dealkylation sites (tertiary alicyclic amines) is 1. The van der Waals surface area contributed by atoms with Crippen molar-refractivity contribution < 1.29 is 14.3 Å². The maximum Gasteiger partial charge on any atom is 0.410 e. The SMILES string of the molecule is C=CC(=O)N1CCC(N(CC2CC2)C(=O)OC(C)(C)C)CC1. The first kappa shape index (κ1) is 16.8. The summed E-state index contributed by atoms with van der Waals surface area (Å²) in [6.45, 7) is 11.4. The lowest BCUT2D eigenvalue weighted by Crippen LogP contribution is -2.50. The van der Waals surface area contributed by atoms with Gasteiger partial charge in [-0.15, -0.1) is 0 Å². The van der Waals surface area contributed by atoms with Gasteiger partial charge in [0.1, 0.15) is 5.60 Å². The molecule has 22 heavy (non-hydrogen) atoms. The smallest absolute Gasteiger partial charge is 0.410 e. The van der Waals surface area contributed by atoms with Crippen molar-refractivity contribution in [1.29, 1.82) is 0 Å². The Morgan fingerprint density at radius 3 is 2.27 bits per heavy atom. The van der Waals surface area contributed by atoms with Crippen LogP contribution in [0.3, 0.4) is 0 Å². The van der Waals surface area contributed by atoms with Crippen molar-refractivity contribution in [1.82, 2.24) is 9.80 Å². The zero-order valence-electron chi connectivity index (χ0n) is 14.0. The van der Waals surface area contributed by atoms with Gasteiger partial charge in [-0.05, 0) is 58.4 Å². The number of nitrogens with zero attached hydrogens (tertiary/aromatic N) is 2. The van der Waals surface area contributed by atoms with E-state index in [0.717, 1.165) is 19.4 Å². The average molecular weight is 308 g/mol. The second kappa shape index (κ2) is 6.71. The number of rotatable bonds is 4. The van der Waals surface area contributed by atoms with Gasteiger partial charge >= 0.3 is 6.09 Å². The molecule has 0 radical (unpaired) electrons. The number of piperidine rings is 1. The minimum absolute atomic E-state index is 0.0236. The third kappa shape index (κ3) is 4.75. The minimum atomic E-state index is -0.474. The van der Waals surface area contributed by atoms with Gasteiger partial charge in [-0.3, -0.25) is 4.79 Å². The van der Waals surface area contributed by atoms with E-state index in [9.17, 15) is 9.59 Å². The van der Waals surface area contributed by atoms with E-state index < -0.39 is 5.60 Å². The van der Waals surface area contributed by atoms with Crippen LogP contribution in [-0.2, 0) is 9.53 Å². The maximum atomic E-state index is 12.5. The Morgan fingerprint density at radius 2 is 1.82 bits per heavy atom. The van der Waals surface area contributed by atoms with E-state index in [1.165, 1.54) is 18.9 Å². The van der Waals surface area contributed by atoms with E-state index in [1.54, 1.807) is 4.90 Å². The van der Waals surface area contributed by atoms with Crippen LogP contribution < -0.4 is 0 Å². The number of hydrogen-bond donors (Lipinski definition) is 0. The third-order valence-electron chi connectivity index (χ3n) is 4.17. The highest BCUT2D eigenvalue weighted by Gasteiger charge is 2.35. The van der Waals surface area contributed by atoms with Crippen molar-refractivity contribution in [3.63, 3.8) is 0 Å². The molecule has 2 aliphatic rings. The molecule has 1 aliphatic heterocycles. The summed E-state index contributed by atoms with van der Waals surface area (Å²) in [5.74, 6) is 0.602. The number of ether oxygens (including phenoxy) is 1. The van der Waals surface area contributed by atoms with E-state index in [1.807, 2.05) is 25.7 Å². The summed E-state index contributed by atoms with van der Waals surface area (Å²) in [5.41, 5.74) is -0.474. The summed E-state index contributed by atoms with van der Waals surface area (Å²) < 4.78 is 5.57. The largest absolute Gasteiger partial charge is 0.444 e. The van der Waals surface area contributed by atoms with Gasteiger partial charge in [0.15, 0.2) is 0 Å². The Kier molecular flexibility index (Phi) is 5.14. The number of carbonyl (C=O) groups excluding carboxylic acids is 2.